The van der Waals surface area contributed by atoms with Gasteiger partial charge in [0.15, 0.2) is 0 Å². The molecule has 0 aliphatic heterocycles. The highest BCUT2D eigenvalue weighted by Crippen LogP contribution is 2.24. The van der Waals surface area contributed by atoms with Gasteiger partial charge in [0.25, 0.3) is 5.69 Å². The van der Waals surface area contributed by atoms with Crippen LogP contribution in [0.15, 0.2) is 30.6 Å². The van der Waals surface area contributed by atoms with Gasteiger partial charge in [0.2, 0.25) is 0 Å². The van der Waals surface area contributed by atoms with Crippen molar-refractivity contribution in [3.8, 4) is 0 Å². The minimum absolute atomic E-state index is 0.00159. The molecular weight excluding hydrogens is 270 g/mol. The molecule has 1 aromatic heterocycles. The minimum Gasteiger partial charge on any atom is -0.319 e. The van der Waals surface area contributed by atoms with Crippen LogP contribution in [0.1, 0.15) is 43.7 Å². The zero-order chi connectivity index (χ0) is 15.4. The Balaban J connectivity index is 2.18. The predicted molar refractivity (Wildman–Crippen MR) is 78.7 cm³/mol. The van der Waals surface area contributed by atoms with Crippen LogP contribution in [0.4, 0.5) is 5.69 Å². The van der Waals surface area contributed by atoms with Gasteiger partial charge in [0, 0.05) is 25.2 Å². The van der Waals surface area contributed by atoms with Crippen LogP contribution >= 0.6 is 0 Å². The van der Waals surface area contributed by atoms with Gasteiger partial charge in [-0.3, -0.25) is 10.1 Å². The molecule has 1 heterocycles. The first-order chi connectivity index (χ1) is 10.0. The van der Waals surface area contributed by atoms with Crippen molar-refractivity contribution in [2.75, 3.05) is 0 Å². The molecule has 2 atom stereocenters. The van der Waals surface area contributed by atoms with Crippen molar-refractivity contribution in [2.24, 2.45) is 7.05 Å². The van der Waals surface area contributed by atoms with Gasteiger partial charge in [-0.25, -0.2) is 0 Å². The van der Waals surface area contributed by atoms with Crippen molar-refractivity contribution >= 4 is 5.69 Å². The Morgan fingerprint density at radius 2 is 2.24 bits per heavy atom. The van der Waals surface area contributed by atoms with E-state index < -0.39 is 0 Å². The fraction of sp³-hybridized carbons (Fsp3) is 0.429. The highest BCUT2D eigenvalue weighted by atomic mass is 16.6. The fourth-order valence-corrected chi connectivity index (χ4v) is 2.37. The van der Waals surface area contributed by atoms with Gasteiger partial charge >= 0.3 is 0 Å². The van der Waals surface area contributed by atoms with Crippen molar-refractivity contribution in [2.45, 2.75) is 32.4 Å². The average Bonchev–Trinajstić information content (AvgIpc) is 2.91. The number of rotatable bonds is 6. The molecule has 2 unspecified atom stereocenters. The molecule has 0 aliphatic rings. The summed E-state index contributed by atoms with van der Waals surface area (Å²) >= 11 is 0. The molecule has 21 heavy (non-hydrogen) atoms. The summed E-state index contributed by atoms with van der Waals surface area (Å²) in [5.41, 5.74) is 1.01. The second kappa shape index (κ2) is 6.45. The quantitative estimate of drug-likeness (QED) is 0.652. The van der Waals surface area contributed by atoms with Crippen molar-refractivity contribution in [1.82, 2.24) is 20.1 Å². The van der Waals surface area contributed by atoms with E-state index >= 15 is 0 Å². The maximum Gasteiger partial charge on any atom is 0.269 e. The zero-order valence-corrected chi connectivity index (χ0v) is 12.4. The number of hydrogen-bond donors (Lipinski definition) is 1. The average molecular weight is 289 g/mol. The molecule has 7 nitrogen and oxygen atoms in total. The lowest BCUT2D eigenvalue weighted by Crippen LogP contribution is -2.26. The van der Waals surface area contributed by atoms with Crippen LogP contribution in [0.5, 0.6) is 0 Å². The number of hydrogen-bond acceptors (Lipinski definition) is 5. The maximum absolute atomic E-state index is 10.9. The number of aryl methyl sites for hydroxylation is 1. The Bertz CT molecular complexity index is 625. The molecule has 0 saturated heterocycles. The molecule has 0 fully saturated rings. The number of nitrogens with zero attached hydrogens (tertiary/aromatic N) is 4. The summed E-state index contributed by atoms with van der Waals surface area (Å²) in [6, 6.07) is 6.76. The summed E-state index contributed by atoms with van der Waals surface area (Å²) < 4.78 is 1.86. The Hall–Kier alpha value is -2.28. The lowest BCUT2D eigenvalue weighted by atomic mass is 10.0. The Labute approximate surface area is 123 Å². The Morgan fingerprint density at radius 3 is 2.81 bits per heavy atom. The van der Waals surface area contributed by atoms with Crippen LogP contribution in [0.25, 0.3) is 0 Å². The third-order valence-corrected chi connectivity index (χ3v) is 3.48. The van der Waals surface area contributed by atoms with E-state index in [9.17, 15) is 10.1 Å². The zero-order valence-electron chi connectivity index (χ0n) is 12.4. The molecule has 2 rings (SSSR count). The van der Waals surface area contributed by atoms with Gasteiger partial charge < -0.3 is 9.88 Å². The van der Waals surface area contributed by atoms with E-state index in [-0.39, 0.29) is 22.7 Å². The highest BCUT2D eigenvalue weighted by molar-refractivity contribution is 5.35. The number of aromatic nitrogens is 3. The minimum atomic E-state index is -0.373. The Morgan fingerprint density at radius 1 is 1.48 bits per heavy atom. The molecule has 0 aliphatic carbocycles. The summed E-state index contributed by atoms with van der Waals surface area (Å²) in [7, 11) is 1.89. The second-order valence-electron chi connectivity index (χ2n) is 5.00. The smallest absolute Gasteiger partial charge is 0.269 e. The normalized spacial score (nSPS) is 13.9. The molecule has 0 amide bonds. The highest BCUT2D eigenvalue weighted by Gasteiger charge is 2.18. The molecule has 1 N–H and O–H groups in total. The van der Waals surface area contributed by atoms with E-state index in [4.69, 9.17) is 0 Å². The number of nitrogens with one attached hydrogen (secondary N) is 1. The summed E-state index contributed by atoms with van der Waals surface area (Å²) in [5.74, 6) is 0.832. The SMILES string of the molecule is CCC(NC(C)c1nncn1C)c1cccc([N+](=O)[O-])c1. The predicted octanol–water partition coefficient (Wildman–Crippen LogP) is 2.53. The van der Waals surface area contributed by atoms with Crippen molar-refractivity contribution in [1.29, 1.82) is 0 Å². The molecule has 112 valence electrons. The molecule has 0 spiro atoms. The first kappa shape index (κ1) is 15.1. The van der Waals surface area contributed by atoms with E-state index in [1.807, 2.05) is 31.5 Å². The van der Waals surface area contributed by atoms with Gasteiger partial charge in [-0.2, -0.15) is 0 Å². The van der Waals surface area contributed by atoms with Crippen molar-refractivity contribution in [3.63, 3.8) is 0 Å². The van der Waals surface area contributed by atoms with Crippen LogP contribution in [-0.2, 0) is 7.05 Å². The lowest BCUT2D eigenvalue weighted by Gasteiger charge is -2.22. The Kier molecular flexibility index (Phi) is 4.64. The van der Waals surface area contributed by atoms with Gasteiger partial charge in [0.1, 0.15) is 12.2 Å². The van der Waals surface area contributed by atoms with Crippen LogP contribution < -0.4 is 5.32 Å². The number of nitro benzene ring substituents is 1. The van der Waals surface area contributed by atoms with Crippen LogP contribution in [0, 0.1) is 10.1 Å². The van der Waals surface area contributed by atoms with Crippen LogP contribution in [0.3, 0.4) is 0 Å². The van der Waals surface area contributed by atoms with Crippen LogP contribution in [-0.4, -0.2) is 19.7 Å². The first-order valence-corrected chi connectivity index (χ1v) is 6.87. The van der Waals surface area contributed by atoms with Gasteiger partial charge in [-0.15, -0.1) is 10.2 Å². The van der Waals surface area contributed by atoms with E-state index in [1.54, 1.807) is 18.5 Å². The topological polar surface area (TPSA) is 85.9 Å². The third-order valence-electron chi connectivity index (χ3n) is 3.48. The fourth-order valence-electron chi connectivity index (χ4n) is 2.37. The van der Waals surface area contributed by atoms with Crippen LogP contribution in [0.2, 0.25) is 0 Å². The molecular formula is C14H19N5O2. The summed E-state index contributed by atoms with van der Waals surface area (Å²) in [4.78, 5) is 10.5. The summed E-state index contributed by atoms with van der Waals surface area (Å²) in [6.45, 7) is 4.05. The summed E-state index contributed by atoms with van der Waals surface area (Å²) in [6.07, 6.45) is 2.48. The molecule has 0 saturated carbocycles. The molecule has 1 aromatic carbocycles. The van der Waals surface area contributed by atoms with E-state index in [1.165, 1.54) is 6.07 Å². The van der Waals surface area contributed by atoms with Crippen molar-refractivity contribution in [3.05, 3.63) is 52.1 Å². The number of non-ortho nitro benzene ring substituents is 1. The van der Waals surface area contributed by atoms with E-state index in [0.29, 0.717) is 0 Å². The lowest BCUT2D eigenvalue weighted by molar-refractivity contribution is -0.384. The summed E-state index contributed by atoms with van der Waals surface area (Å²) in [5, 5.41) is 22.3. The number of nitro groups is 1. The molecule has 7 heteroatoms. The van der Waals surface area contributed by atoms with Crippen molar-refractivity contribution < 1.29 is 4.92 Å². The van der Waals surface area contributed by atoms with Gasteiger partial charge in [0.05, 0.1) is 11.0 Å². The van der Waals surface area contributed by atoms with E-state index in [2.05, 4.69) is 15.5 Å². The number of benzene rings is 1. The maximum atomic E-state index is 10.9. The largest absolute Gasteiger partial charge is 0.319 e. The third kappa shape index (κ3) is 3.43. The second-order valence-corrected chi connectivity index (χ2v) is 5.00. The van der Waals surface area contributed by atoms with Gasteiger partial charge in [-0.05, 0) is 18.9 Å². The first-order valence-electron chi connectivity index (χ1n) is 6.87. The monoisotopic (exact) mass is 289 g/mol. The molecule has 0 radical (unpaired) electrons. The standard InChI is InChI=1S/C14H19N5O2/c1-4-13(11-6-5-7-12(8-11)19(20)21)16-10(2)14-17-15-9-18(14)3/h5-10,13,16H,4H2,1-3H3. The van der Waals surface area contributed by atoms with Gasteiger partial charge in [-0.1, -0.05) is 19.1 Å². The molecule has 2 aromatic rings. The van der Waals surface area contributed by atoms with E-state index in [0.717, 1.165) is 17.8 Å². The molecule has 0 bridgehead atoms.